The minimum atomic E-state index is -2.67. The predicted molar refractivity (Wildman–Crippen MR) is 188 cm³/mol. The maximum absolute atomic E-state index is 6.86. The number of allylic oxidation sites excluding steroid dienone is 4. The summed E-state index contributed by atoms with van der Waals surface area (Å²) in [4.78, 5) is 0. The van der Waals surface area contributed by atoms with Crippen LogP contribution in [0.4, 0.5) is 0 Å². The van der Waals surface area contributed by atoms with Crippen molar-refractivity contribution in [3.8, 4) is 11.1 Å². The van der Waals surface area contributed by atoms with E-state index in [2.05, 4.69) is 120 Å². The van der Waals surface area contributed by atoms with Gasteiger partial charge < -0.3 is 24.8 Å². The van der Waals surface area contributed by atoms with Gasteiger partial charge >= 0.3 is 284 Å². The van der Waals surface area contributed by atoms with E-state index in [-0.39, 0.29) is 35.6 Å². The Morgan fingerprint density at radius 3 is 1.52 bits per heavy atom. The van der Waals surface area contributed by atoms with Crippen molar-refractivity contribution in [2.75, 3.05) is 0 Å². The van der Waals surface area contributed by atoms with Gasteiger partial charge in [0.1, 0.15) is 0 Å². The second-order valence-corrected chi connectivity index (χ2v) is 22.0. The first-order valence-electron chi connectivity index (χ1n) is 15.8. The van der Waals surface area contributed by atoms with E-state index in [0.29, 0.717) is 3.63 Å². The minimum absolute atomic E-state index is 0. The molecule has 0 spiro atoms. The Bertz CT molecular complexity index is 1720. The Balaban J connectivity index is 0.00000240. The van der Waals surface area contributed by atoms with Crippen molar-refractivity contribution in [1.82, 2.24) is 0 Å². The van der Waals surface area contributed by atoms with Gasteiger partial charge in [0.25, 0.3) is 0 Å². The van der Waals surface area contributed by atoms with Crippen molar-refractivity contribution in [2.45, 2.75) is 75.3 Å². The van der Waals surface area contributed by atoms with E-state index in [1.165, 1.54) is 44.5 Å². The third-order valence-corrected chi connectivity index (χ3v) is 18.3. The van der Waals surface area contributed by atoms with Gasteiger partial charge in [-0.15, -0.1) is 0 Å². The fourth-order valence-electron chi connectivity index (χ4n) is 6.75. The van der Waals surface area contributed by atoms with E-state index in [0.717, 1.165) is 29.3 Å². The molecule has 46 heavy (non-hydrogen) atoms. The molecule has 0 atom stereocenters. The van der Waals surface area contributed by atoms with E-state index in [1.807, 2.05) is 24.3 Å². The first-order valence-corrected chi connectivity index (χ1v) is 20.4. The fourth-order valence-corrected chi connectivity index (χ4v) is 16.3. The Kier molecular flexibility index (Phi) is 11.9. The van der Waals surface area contributed by atoms with Gasteiger partial charge in [-0.25, -0.2) is 0 Å². The molecule has 0 aliphatic heterocycles. The average Bonchev–Trinajstić information content (AvgIpc) is 3.61. The van der Waals surface area contributed by atoms with Crippen LogP contribution in [-0.4, -0.2) is 3.21 Å². The second kappa shape index (κ2) is 14.8. The number of halogens is 4. The molecule has 0 saturated heterocycles. The summed E-state index contributed by atoms with van der Waals surface area (Å²) in [5, 5.41) is 1.70. The number of rotatable bonds is 6. The normalized spacial score (nSPS) is 13.6. The SMILES string of the molecule is CC(C)(C)c1ccc2c(c1)-c1cc(C(C)(C)C)ccc1[CH]2[Zr+2]([C]1=CC=CC1)=[C](Cc1ccccc1Cl)Cc1ccccc1Cl.[Cl-].[Cl-]. The van der Waals surface area contributed by atoms with Crippen LogP contribution in [0.2, 0.25) is 10.0 Å². The van der Waals surface area contributed by atoms with E-state index in [9.17, 15) is 0 Å². The van der Waals surface area contributed by atoms with Crippen molar-refractivity contribution in [1.29, 1.82) is 0 Å². The van der Waals surface area contributed by atoms with Crippen molar-refractivity contribution in [3.63, 3.8) is 0 Å². The van der Waals surface area contributed by atoms with E-state index < -0.39 is 21.3 Å². The van der Waals surface area contributed by atoms with Crippen LogP contribution >= 0.6 is 23.2 Å². The van der Waals surface area contributed by atoms with Crippen LogP contribution in [-0.2, 0) is 44.9 Å². The maximum Gasteiger partial charge on any atom is -1.00 e. The van der Waals surface area contributed by atoms with Crippen molar-refractivity contribution in [2.24, 2.45) is 0 Å². The van der Waals surface area contributed by atoms with Gasteiger partial charge in [0.05, 0.1) is 0 Å². The number of hydrogen-bond acceptors (Lipinski definition) is 0. The summed E-state index contributed by atoms with van der Waals surface area (Å²) in [6, 6.07) is 31.5. The fraction of sp³-hybridized carbons (Fsp3) is 0.293. The Labute approximate surface area is 306 Å². The molecule has 0 heterocycles. The number of benzene rings is 4. The Morgan fingerprint density at radius 1 is 0.674 bits per heavy atom. The third-order valence-electron chi connectivity index (χ3n) is 9.26. The van der Waals surface area contributed by atoms with Gasteiger partial charge in [-0.3, -0.25) is 0 Å². The minimum Gasteiger partial charge on any atom is -1.00 e. The zero-order valence-electron chi connectivity index (χ0n) is 27.5. The first-order chi connectivity index (χ1) is 20.9. The van der Waals surface area contributed by atoms with Gasteiger partial charge in [-0.1, -0.05) is 0 Å². The molecule has 0 aromatic heterocycles. The molecule has 4 aromatic rings. The van der Waals surface area contributed by atoms with Crippen LogP contribution in [0.5, 0.6) is 0 Å². The zero-order chi connectivity index (χ0) is 31.2. The predicted octanol–water partition coefficient (Wildman–Crippen LogP) is 5.79. The molecular formula is C41H42Cl4Zr. The van der Waals surface area contributed by atoms with Crippen LogP contribution in [0, 0.1) is 0 Å². The third kappa shape index (κ3) is 7.61. The van der Waals surface area contributed by atoms with Gasteiger partial charge in [-0.05, 0) is 0 Å². The molecule has 0 amide bonds. The number of hydrogen-bond donors (Lipinski definition) is 0. The van der Waals surface area contributed by atoms with Gasteiger partial charge in [-0.2, -0.15) is 0 Å². The molecule has 4 aromatic carbocycles. The van der Waals surface area contributed by atoms with Crippen LogP contribution in [0.25, 0.3) is 11.1 Å². The summed E-state index contributed by atoms with van der Waals surface area (Å²) in [6.45, 7) is 13.9. The molecule has 0 bridgehead atoms. The summed E-state index contributed by atoms with van der Waals surface area (Å²) in [6.07, 6.45) is 9.89. The molecule has 0 fully saturated rings. The smallest absolute Gasteiger partial charge is 1.00 e. The maximum atomic E-state index is 6.86. The Hall–Kier alpha value is -1.73. The van der Waals surface area contributed by atoms with E-state index in [4.69, 9.17) is 23.2 Å². The molecule has 5 heteroatoms. The summed E-state index contributed by atoms with van der Waals surface area (Å²) < 4.78 is 3.70. The van der Waals surface area contributed by atoms with Crippen LogP contribution in [0.3, 0.4) is 0 Å². The topological polar surface area (TPSA) is 0 Å². The Morgan fingerprint density at radius 2 is 1.13 bits per heavy atom. The van der Waals surface area contributed by atoms with Crippen molar-refractivity contribution < 1.29 is 46.1 Å². The molecule has 2 aliphatic carbocycles. The molecule has 6 rings (SSSR count). The molecule has 0 radical (unpaired) electrons. The molecule has 238 valence electrons. The molecular weight excluding hydrogens is 725 g/mol. The standard InChI is InChI=1S/C21H25.C15H12Cl2.C5H5.2ClH.Zr/c1-20(2,3)16-9-7-14-11-15-8-10-17(21(4,5)6)13-19(15)18(14)12-16;16-14-10-3-1-6-12(14)8-5-9-13-7-2-4-11-15(13)17;1-2-4-5-3-1;;;/h7-13H,1-6H3;1-4,6-7,10-11H,8-9H2;1-3H,4H2;2*1H;/q;;;;;+2/p-2. The van der Waals surface area contributed by atoms with Gasteiger partial charge in [0.2, 0.25) is 0 Å². The van der Waals surface area contributed by atoms with Crippen LogP contribution in [0.15, 0.2) is 106 Å². The van der Waals surface area contributed by atoms with Crippen LogP contribution in [0.1, 0.15) is 85.0 Å². The largest absolute Gasteiger partial charge is 1.00 e. The molecule has 0 N–H and O–H groups in total. The van der Waals surface area contributed by atoms with Gasteiger partial charge in [0.15, 0.2) is 0 Å². The molecule has 0 nitrogen and oxygen atoms in total. The summed E-state index contributed by atoms with van der Waals surface area (Å²) >= 11 is 11.1. The van der Waals surface area contributed by atoms with E-state index in [1.54, 1.807) is 6.49 Å². The summed E-state index contributed by atoms with van der Waals surface area (Å²) in [5.74, 6) is 0. The van der Waals surface area contributed by atoms with Gasteiger partial charge in [0, 0.05) is 0 Å². The van der Waals surface area contributed by atoms with Crippen LogP contribution < -0.4 is 24.8 Å². The molecule has 0 saturated carbocycles. The molecule has 0 unspecified atom stereocenters. The zero-order valence-corrected chi connectivity index (χ0v) is 33.0. The van der Waals surface area contributed by atoms with Crippen molar-refractivity contribution in [3.05, 3.63) is 150 Å². The monoisotopic (exact) mass is 764 g/mol. The summed E-state index contributed by atoms with van der Waals surface area (Å²) in [7, 11) is 0. The second-order valence-electron chi connectivity index (χ2n) is 14.4. The molecule has 2 aliphatic rings. The van der Waals surface area contributed by atoms with Crippen molar-refractivity contribution >= 4 is 26.4 Å². The first kappa shape index (κ1) is 37.1. The summed E-state index contributed by atoms with van der Waals surface area (Å²) in [5.41, 5.74) is 11.3. The number of fused-ring (bicyclic) bond motifs is 3. The van der Waals surface area contributed by atoms with E-state index >= 15 is 0 Å². The average molecular weight is 768 g/mol. The quantitative estimate of drug-likeness (QED) is 0.234.